The van der Waals surface area contributed by atoms with E-state index in [0.29, 0.717) is 13.2 Å². The van der Waals surface area contributed by atoms with Crippen molar-refractivity contribution < 1.29 is 4.74 Å². The highest BCUT2D eigenvalue weighted by molar-refractivity contribution is 5.85. The third kappa shape index (κ3) is 5.08. The average Bonchev–Trinajstić information content (AvgIpc) is 2.60. The maximum atomic E-state index is 12.2. The Morgan fingerprint density at radius 3 is 2.64 bits per heavy atom. The van der Waals surface area contributed by atoms with Gasteiger partial charge in [-0.05, 0) is 49.7 Å². The van der Waals surface area contributed by atoms with Crippen LogP contribution in [0.5, 0.6) is 5.75 Å². The van der Waals surface area contributed by atoms with Crippen molar-refractivity contribution in [3.63, 3.8) is 0 Å². The van der Waals surface area contributed by atoms with Gasteiger partial charge in [0.15, 0.2) is 0 Å². The molecule has 2 N–H and O–H groups in total. The zero-order valence-electron chi connectivity index (χ0n) is 14.2. The van der Waals surface area contributed by atoms with E-state index in [4.69, 9.17) is 4.74 Å². The highest BCUT2D eigenvalue weighted by Gasteiger charge is 2.04. The normalized spacial score (nSPS) is 10.4. The smallest absolute Gasteiger partial charge is 0.252 e. The monoisotopic (exact) mass is 358 g/mol. The summed E-state index contributed by atoms with van der Waals surface area (Å²) in [6.45, 7) is 3.97. The molecule has 1 aromatic heterocycles. The summed E-state index contributed by atoms with van der Waals surface area (Å²) >= 11 is 0. The summed E-state index contributed by atoms with van der Waals surface area (Å²) in [7, 11) is 0. The number of ether oxygens (including phenoxy) is 1. The standard InChI is InChI=1S/C20H22N2O2.ClH/c1-2-24-18-8-9-19-16(13-18)12-17(20(23)22-19)14-21-11-10-15-6-4-3-5-7-15;/h3-9,12-13,21H,2,10-11,14H2,1H3,(H,22,23);1H. The molecule has 0 aliphatic heterocycles. The average molecular weight is 359 g/mol. The van der Waals surface area contributed by atoms with Gasteiger partial charge in [-0.2, -0.15) is 0 Å². The molecule has 3 rings (SSSR count). The number of hydrogen-bond acceptors (Lipinski definition) is 3. The van der Waals surface area contributed by atoms with E-state index >= 15 is 0 Å². The van der Waals surface area contributed by atoms with Gasteiger partial charge in [-0.15, -0.1) is 12.4 Å². The lowest BCUT2D eigenvalue weighted by atomic mass is 10.1. The van der Waals surface area contributed by atoms with Crippen molar-refractivity contribution >= 4 is 23.3 Å². The van der Waals surface area contributed by atoms with Crippen molar-refractivity contribution in [2.45, 2.75) is 19.9 Å². The first-order chi connectivity index (χ1) is 11.8. The minimum atomic E-state index is -0.0427. The molecule has 25 heavy (non-hydrogen) atoms. The summed E-state index contributed by atoms with van der Waals surface area (Å²) in [6, 6.07) is 18.0. The molecule has 2 aromatic carbocycles. The number of fused-ring (bicyclic) bond motifs is 1. The second-order valence-electron chi connectivity index (χ2n) is 5.72. The van der Waals surface area contributed by atoms with E-state index in [9.17, 15) is 4.79 Å². The predicted molar refractivity (Wildman–Crippen MR) is 105 cm³/mol. The van der Waals surface area contributed by atoms with E-state index in [-0.39, 0.29) is 18.0 Å². The number of hydrogen-bond donors (Lipinski definition) is 2. The maximum Gasteiger partial charge on any atom is 0.252 e. The lowest BCUT2D eigenvalue weighted by molar-refractivity contribution is 0.340. The minimum Gasteiger partial charge on any atom is -0.494 e. The molecule has 0 saturated carbocycles. The van der Waals surface area contributed by atoms with Crippen molar-refractivity contribution in [3.8, 4) is 5.75 Å². The molecule has 5 heteroatoms. The van der Waals surface area contributed by atoms with E-state index in [1.165, 1.54) is 5.56 Å². The molecule has 0 saturated heterocycles. The Hall–Kier alpha value is -2.30. The fourth-order valence-corrected chi connectivity index (χ4v) is 2.72. The van der Waals surface area contributed by atoms with Crippen LogP contribution in [0.2, 0.25) is 0 Å². The first-order valence-corrected chi connectivity index (χ1v) is 8.29. The number of aromatic nitrogens is 1. The summed E-state index contributed by atoms with van der Waals surface area (Å²) in [4.78, 5) is 15.1. The molecule has 4 nitrogen and oxygen atoms in total. The van der Waals surface area contributed by atoms with Gasteiger partial charge in [0, 0.05) is 23.0 Å². The van der Waals surface area contributed by atoms with Gasteiger partial charge in [-0.1, -0.05) is 30.3 Å². The van der Waals surface area contributed by atoms with E-state index < -0.39 is 0 Å². The Balaban J connectivity index is 0.00000225. The number of rotatable bonds is 7. The number of nitrogens with one attached hydrogen (secondary N) is 2. The van der Waals surface area contributed by atoms with Crippen LogP contribution >= 0.6 is 12.4 Å². The van der Waals surface area contributed by atoms with Gasteiger partial charge in [0.05, 0.1) is 6.61 Å². The van der Waals surface area contributed by atoms with Crippen LogP contribution in [0.1, 0.15) is 18.1 Å². The van der Waals surface area contributed by atoms with Crippen molar-refractivity contribution in [2.75, 3.05) is 13.2 Å². The van der Waals surface area contributed by atoms with Crippen molar-refractivity contribution in [3.05, 3.63) is 76.1 Å². The Labute approximate surface area is 153 Å². The van der Waals surface area contributed by atoms with Crippen molar-refractivity contribution in [1.82, 2.24) is 10.3 Å². The molecule has 0 unspecified atom stereocenters. The van der Waals surface area contributed by atoms with E-state index in [2.05, 4.69) is 22.4 Å². The van der Waals surface area contributed by atoms with E-state index in [0.717, 1.165) is 35.2 Å². The molecule has 0 atom stereocenters. The fourth-order valence-electron chi connectivity index (χ4n) is 2.72. The van der Waals surface area contributed by atoms with Crippen LogP contribution in [0, 0.1) is 0 Å². The van der Waals surface area contributed by atoms with Crippen LogP contribution in [0.15, 0.2) is 59.4 Å². The topological polar surface area (TPSA) is 54.1 Å². The van der Waals surface area contributed by atoms with Crippen molar-refractivity contribution in [1.29, 1.82) is 0 Å². The molecule has 132 valence electrons. The van der Waals surface area contributed by atoms with Crippen LogP contribution in [0.3, 0.4) is 0 Å². The number of aromatic amines is 1. The molecule has 0 spiro atoms. The maximum absolute atomic E-state index is 12.2. The van der Waals surface area contributed by atoms with Crippen LogP contribution in [0.25, 0.3) is 10.9 Å². The van der Waals surface area contributed by atoms with Crippen LogP contribution in [0.4, 0.5) is 0 Å². The Morgan fingerprint density at radius 1 is 1.08 bits per heavy atom. The molecule has 0 radical (unpaired) electrons. The summed E-state index contributed by atoms with van der Waals surface area (Å²) in [5.41, 5.74) is 2.82. The van der Waals surface area contributed by atoms with Gasteiger partial charge >= 0.3 is 0 Å². The largest absolute Gasteiger partial charge is 0.494 e. The summed E-state index contributed by atoms with van der Waals surface area (Å²) in [5.74, 6) is 0.819. The van der Waals surface area contributed by atoms with Gasteiger partial charge in [0.1, 0.15) is 5.75 Å². The quantitative estimate of drug-likeness (QED) is 0.633. The highest BCUT2D eigenvalue weighted by Crippen LogP contribution is 2.19. The van der Waals surface area contributed by atoms with Gasteiger partial charge < -0.3 is 15.0 Å². The molecular formula is C20H23ClN2O2. The van der Waals surface area contributed by atoms with Crippen molar-refractivity contribution in [2.24, 2.45) is 0 Å². The number of H-pyrrole nitrogens is 1. The zero-order valence-corrected chi connectivity index (χ0v) is 15.1. The van der Waals surface area contributed by atoms with Crippen LogP contribution in [-0.4, -0.2) is 18.1 Å². The third-order valence-corrected chi connectivity index (χ3v) is 3.95. The van der Waals surface area contributed by atoms with E-state index in [1.807, 2.05) is 49.4 Å². The lowest BCUT2D eigenvalue weighted by Gasteiger charge is -2.08. The molecule has 0 aliphatic carbocycles. The number of benzene rings is 2. The second-order valence-corrected chi connectivity index (χ2v) is 5.72. The summed E-state index contributed by atoms with van der Waals surface area (Å²) in [5, 5.41) is 4.33. The van der Waals surface area contributed by atoms with Crippen LogP contribution < -0.4 is 15.6 Å². The van der Waals surface area contributed by atoms with Gasteiger partial charge in [0.25, 0.3) is 5.56 Å². The summed E-state index contributed by atoms with van der Waals surface area (Å²) < 4.78 is 5.52. The van der Waals surface area contributed by atoms with Crippen LogP contribution in [-0.2, 0) is 13.0 Å². The molecular weight excluding hydrogens is 336 g/mol. The molecule has 0 amide bonds. The predicted octanol–water partition coefficient (Wildman–Crippen LogP) is 3.68. The van der Waals surface area contributed by atoms with Gasteiger partial charge in [-0.25, -0.2) is 0 Å². The van der Waals surface area contributed by atoms with Gasteiger partial charge in [-0.3, -0.25) is 4.79 Å². The minimum absolute atomic E-state index is 0. The van der Waals surface area contributed by atoms with E-state index in [1.54, 1.807) is 0 Å². The first kappa shape index (κ1) is 19.0. The molecule has 0 fully saturated rings. The molecule has 1 heterocycles. The highest BCUT2D eigenvalue weighted by atomic mass is 35.5. The summed E-state index contributed by atoms with van der Waals surface area (Å²) in [6.07, 6.45) is 0.945. The third-order valence-electron chi connectivity index (χ3n) is 3.95. The first-order valence-electron chi connectivity index (χ1n) is 8.29. The molecule has 0 aliphatic rings. The Kier molecular flexibility index (Phi) is 7.04. The fraction of sp³-hybridized carbons (Fsp3) is 0.250. The number of pyridine rings is 1. The Morgan fingerprint density at radius 2 is 1.88 bits per heavy atom. The SMILES string of the molecule is CCOc1ccc2[nH]c(=O)c(CNCCc3ccccc3)cc2c1.Cl. The Bertz CT molecular complexity index is 862. The lowest BCUT2D eigenvalue weighted by Crippen LogP contribution is -2.22. The number of halogens is 1. The zero-order chi connectivity index (χ0) is 16.8. The molecule has 0 bridgehead atoms. The van der Waals surface area contributed by atoms with Gasteiger partial charge in [0.2, 0.25) is 0 Å². The second kappa shape index (κ2) is 9.25. The molecule has 3 aromatic rings.